The Hall–Kier alpha value is -2.24. The fourth-order valence-corrected chi connectivity index (χ4v) is 2.50. The summed E-state index contributed by atoms with van der Waals surface area (Å²) in [6.07, 6.45) is -0.172. The zero-order chi connectivity index (χ0) is 19.9. The first-order valence-electron chi connectivity index (χ1n) is 8.98. The molecule has 1 aromatic rings. The predicted octanol–water partition coefficient (Wildman–Crippen LogP) is 3.76. The van der Waals surface area contributed by atoms with Crippen molar-refractivity contribution in [3.8, 4) is 5.75 Å². The van der Waals surface area contributed by atoms with Crippen LogP contribution in [0, 0.1) is 5.92 Å². The van der Waals surface area contributed by atoms with Gasteiger partial charge in [0, 0.05) is 6.54 Å². The van der Waals surface area contributed by atoms with E-state index in [2.05, 4.69) is 5.32 Å². The summed E-state index contributed by atoms with van der Waals surface area (Å²) >= 11 is 0. The summed E-state index contributed by atoms with van der Waals surface area (Å²) in [7, 11) is 0. The summed E-state index contributed by atoms with van der Waals surface area (Å²) in [4.78, 5) is 24.1. The summed E-state index contributed by atoms with van der Waals surface area (Å²) in [6.45, 7) is 11.4. The van der Waals surface area contributed by atoms with Gasteiger partial charge in [0.2, 0.25) is 0 Å². The van der Waals surface area contributed by atoms with Gasteiger partial charge in [-0.1, -0.05) is 26.0 Å². The van der Waals surface area contributed by atoms with Gasteiger partial charge in [-0.05, 0) is 57.2 Å². The third-order valence-electron chi connectivity index (χ3n) is 3.71. The first-order valence-corrected chi connectivity index (χ1v) is 8.98. The van der Waals surface area contributed by atoms with E-state index in [1.54, 1.807) is 39.8 Å². The minimum atomic E-state index is -0.605. The summed E-state index contributed by atoms with van der Waals surface area (Å²) in [5, 5.41) is 12.6. The van der Waals surface area contributed by atoms with Gasteiger partial charge in [0.25, 0.3) is 0 Å². The molecule has 6 nitrogen and oxygen atoms in total. The lowest BCUT2D eigenvalue weighted by atomic mass is 9.94. The highest BCUT2D eigenvalue weighted by Gasteiger charge is 2.23. The molecule has 1 aromatic carbocycles. The highest BCUT2D eigenvalue weighted by Crippen LogP contribution is 2.27. The maximum Gasteiger partial charge on any atom is 0.407 e. The van der Waals surface area contributed by atoms with Gasteiger partial charge in [-0.3, -0.25) is 4.79 Å². The number of phenols is 1. The normalized spacial score (nSPS) is 12.6. The second-order valence-corrected chi connectivity index (χ2v) is 7.58. The molecule has 0 fully saturated rings. The van der Waals surface area contributed by atoms with Gasteiger partial charge in [0.1, 0.15) is 11.4 Å². The van der Waals surface area contributed by atoms with Crippen molar-refractivity contribution in [1.82, 2.24) is 5.32 Å². The smallest absolute Gasteiger partial charge is 0.407 e. The van der Waals surface area contributed by atoms with E-state index in [4.69, 9.17) is 9.47 Å². The van der Waals surface area contributed by atoms with E-state index in [9.17, 15) is 14.7 Å². The number of nitrogens with one attached hydrogen (secondary N) is 1. The number of benzene rings is 1. The first kappa shape index (κ1) is 21.8. The summed E-state index contributed by atoms with van der Waals surface area (Å²) in [6, 6.07) is 5.30. The van der Waals surface area contributed by atoms with Crippen molar-refractivity contribution in [1.29, 1.82) is 0 Å². The Morgan fingerprint density at radius 3 is 2.42 bits per heavy atom. The van der Waals surface area contributed by atoms with E-state index in [-0.39, 0.29) is 30.8 Å². The van der Waals surface area contributed by atoms with E-state index in [1.165, 1.54) is 0 Å². The highest BCUT2D eigenvalue weighted by molar-refractivity contribution is 5.74. The second kappa shape index (κ2) is 9.46. The Kier molecular flexibility index (Phi) is 7.93. The third kappa shape index (κ3) is 7.33. The van der Waals surface area contributed by atoms with Crippen LogP contribution in [0.25, 0.3) is 0 Å². The van der Waals surface area contributed by atoms with Crippen molar-refractivity contribution in [2.24, 2.45) is 5.92 Å². The zero-order valence-electron chi connectivity index (χ0n) is 16.6. The lowest BCUT2D eigenvalue weighted by Crippen LogP contribution is -2.38. The molecular formula is C20H31NO5. The molecule has 1 atom stereocenters. The topological polar surface area (TPSA) is 84.9 Å². The van der Waals surface area contributed by atoms with Crippen LogP contribution >= 0.6 is 0 Å². The molecule has 0 saturated heterocycles. The molecule has 0 bridgehead atoms. The van der Waals surface area contributed by atoms with Crippen LogP contribution in [0.3, 0.4) is 0 Å². The second-order valence-electron chi connectivity index (χ2n) is 7.58. The molecule has 26 heavy (non-hydrogen) atoms. The molecule has 0 spiro atoms. The molecule has 0 saturated carbocycles. The van der Waals surface area contributed by atoms with Crippen LogP contribution in [0.2, 0.25) is 0 Å². The summed E-state index contributed by atoms with van der Waals surface area (Å²) < 4.78 is 10.3. The van der Waals surface area contributed by atoms with Gasteiger partial charge in [-0.25, -0.2) is 4.79 Å². The predicted molar refractivity (Wildman–Crippen MR) is 100 cm³/mol. The van der Waals surface area contributed by atoms with Crippen molar-refractivity contribution in [2.75, 3.05) is 13.2 Å². The lowest BCUT2D eigenvalue weighted by Gasteiger charge is -2.21. The molecular weight excluding hydrogens is 334 g/mol. The van der Waals surface area contributed by atoms with Crippen molar-refractivity contribution in [3.05, 3.63) is 29.3 Å². The Morgan fingerprint density at radius 2 is 1.88 bits per heavy atom. The SMILES string of the molecule is CCOC(=O)C(CNC(=O)OC(C)(C)C)Cc1ccc(O)c(C(C)C)c1. The fourth-order valence-electron chi connectivity index (χ4n) is 2.50. The van der Waals surface area contributed by atoms with Crippen molar-refractivity contribution in [2.45, 2.75) is 59.5 Å². The van der Waals surface area contributed by atoms with Crippen LogP contribution < -0.4 is 5.32 Å². The van der Waals surface area contributed by atoms with Gasteiger partial charge in [-0.2, -0.15) is 0 Å². The molecule has 2 N–H and O–H groups in total. The number of carbonyl (C=O) groups is 2. The van der Waals surface area contributed by atoms with E-state index < -0.39 is 17.6 Å². The molecule has 0 aliphatic rings. The van der Waals surface area contributed by atoms with Gasteiger partial charge in [-0.15, -0.1) is 0 Å². The molecule has 1 amide bonds. The first-order chi connectivity index (χ1) is 12.0. The number of phenolic OH excluding ortho intramolecular Hbond substituents is 1. The Morgan fingerprint density at radius 1 is 1.23 bits per heavy atom. The molecule has 0 radical (unpaired) electrons. The molecule has 0 aliphatic carbocycles. The molecule has 0 aliphatic heterocycles. The standard InChI is InChI=1S/C20H31NO5/c1-7-25-18(23)15(12-21-19(24)26-20(4,5)6)10-14-8-9-17(22)16(11-14)13(2)3/h8-9,11,13,15,22H,7,10,12H2,1-6H3,(H,21,24). The number of rotatable bonds is 7. The molecule has 146 valence electrons. The Labute approximate surface area is 155 Å². The number of amides is 1. The van der Waals surface area contributed by atoms with Crippen LogP contribution in [0.4, 0.5) is 4.79 Å². The van der Waals surface area contributed by atoms with Crippen molar-refractivity contribution < 1.29 is 24.2 Å². The molecule has 0 aromatic heterocycles. The fraction of sp³-hybridized carbons (Fsp3) is 0.600. The average Bonchev–Trinajstić information content (AvgIpc) is 2.51. The number of aromatic hydroxyl groups is 1. The maximum atomic E-state index is 12.3. The lowest BCUT2D eigenvalue weighted by molar-refractivity contribution is -0.147. The molecule has 1 unspecified atom stereocenters. The quantitative estimate of drug-likeness (QED) is 0.719. The van der Waals surface area contributed by atoms with Gasteiger partial charge >= 0.3 is 12.1 Å². The highest BCUT2D eigenvalue weighted by atomic mass is 16.6. The number of hydrogen-bond donors (Lipinski definition) is 2. The number of alkyl carbamates (subject to hydrolysis) is 1. The van der Waals surface area contributed by atoms with Crippen molar-refractivity contribution in [3.63, 3.8) is 0 Å². The van der Waals surface area contributed by atoms with Crippen LogP contribution in [0.15, 0.2) is 18.2 Å². The largest absolute Gasteiger partial charge is 0.508 e. The van der Waals surface area contributed by atoms with Gasteiger partial charge < -0.3 is 19.9 Å². The monoisotopic (exact) mass is 365 g/mol. The number of esters is 1. The van der Waals surface area contributed by atoms with Gasteiger partial charge in [0.15, 0.2) is 0 Å². The van der Waals surface area contributed by atoms with E-state index in [0.29, 0.717) is 6.42 Å². The average molecular weight is 365 g/mol. The van der Waals surface area contributed by atoms with Crippen molar-refractivity contribution >= 4 is 12.1 Å². The van der Waals surface area contributed by atoms with Crippen LogP contribution in [-0.4, -0.2) is 35.9 Å². The van der Waals surface area contributed by atoms with Gasteiger partial charge in [0.05, 0.1) is 12.5 Å². The number of hydrogen-bond acceptors (Lipinski definition) is 5. The molecule has 6 heteroatoms. The third-order valence-corrected chi connectivity index (χ3v) is 3.71. The minimum Gasteiger partial charge on any atom is -0.508 e. The molecule has 0 heterocycles. The number of ether oxygens (including phenoxy) is 2. The minimum absolute atomic E-state index is 0.117. The Balaban J connectivity index is 2.86. The van der Waals surface area contributed by atoms with Crippen LogP contribution in [0.5, 0.6) is 5.75 Å². The summed E-state index contributed by atoms with van der Waals surface area (Å²) in [5.41, 5.74) is 1.12. The summed E-state index contributed by atoms with van der Waals surface area (Å²) in [5.74, 6) is -0.506. The van der Waals surface area contributed by atoms with E-state index >= 15 is 0 Å². The Bertz CT molecular complexity index is 619. The zero-order valence-corrected chi connectivity index (χ0v) is 16.6. The number of carbonyl (C=O) groups excluding carboxylic acids is 2. The maximum absolute atomic E-state index is 12.3. The van der Waals surface area contributed by atoms with E-state index in [0.717, 1.165) is 11.1 Å². The molecule has 1 rings (SSSR count). The van der Waals surface area contributed by atoms with Crippen LogP contribution in [0.1, 0.15) is 58.6 Å². The van der Waals surface area contributed by atoms with E-state index in [1.807, 2.05) is 19.9 Å². The van der Waals surface area contributed by atoms with Crippen LogP contribution in [-0.2, 0) is 20.7 Å².